The highest BCUT2D eigenvalue weighted by Gasteiger charge is 2.39. The Bertz CT molecular complexity index is 618. The molecular formula is C13H17FN2O4S. The normalized spacial score (nSPS) is 20.2. The van der Waals surface area contributed by atoms with E-state index in [1.165, 1.54) is 19.2 Å². The number of carbonyl (C=O) groups is 1. The summed E-state index contributed by atoms with van der Waals surface area (Å²) >= 11 is 0. The molecule has 1 unspecified atom stereocenters. The van der Waals surface area contributed by atoms with Crippen molar-refractivity contribution in [1.29, 1.82) is 0 Å². The molecule has 8 heteroatoms. The summed E-state index contributed by atoms with van der Waals surface area (Å²) in [6.45, 7) is 0.171. The van der Waals surface area contributed by atoms with Crippen LogP contribution in [0.25, 0.3) is 0 Å². The van der Waals surface area contributed by atoms with Crippen molar-refractivity contribution < 1.29 is 22.7 Å². The molecule has 0 saturated carbocycles. The average Bonchev–Trinajstić information content (AvgIpc) is 2.47. The highest BCUT2D eigenvalue weighted by Crippen LogP contribution is 2.25. The van der Waals surface area contributed by atoms with Crippen molar-refractivity contribution in [2.75, 3.05) is 17.9 Å². The minimum absolute atomic E-state index is 0.171. The number of carboxylic acid groups (broad SMARTS) is 1. The smallest absolute Gasteiger partial charge is 0.322 e. The van der Waals surface area contributed by atoms with E-state index >= 15 is 0 Å². The predicted molar refractivity (Wildman–Crippen MR) is 75.7 cm³/mol. The molecular weight excluding hydrogens is 299 g/mol. The third-order valence-corrected chi connectivity index (χ3v) is 5.50. The van der Waals surface area contributed by atoms with Crippen LogP contribution in [0.1, 0.15) is 19.3 Å². The standard InChI is InChI=1S/C13H17FN2O4S/c1-15(11-7-5-10(14)6-8-11)21(19,20)16-9-3-2-4-12(16)13(17)18/h5-8,12H,2-4,9H2,1H3,(H,17,18). The molecule has 0 radical (unpaired) electrons. The van der Waals surface area contributed by atoms with Crippen LogP contribution in [0.15, 0.2) is 24.3 Å². The van der Waals surface area contributed by atoms with Gasteiger partial charge in [0.2, 0.25) is 0 Å². The van der Waals surface area contributed by atoms with Gasteiger partial charge in [0.25, 0.3) is 0 Å². The van der Waals surface area contributed by atoms with Gasteiger partial charge in [-0.3, -0.25) is 9.10 Å². The molecule has 1 aromatic rings. The molecule has 0 spiro atoms. The summed E-state index contributed by atoms with van der Waals surface area (Å²) in [5.74, 6) is -1.61. The number of halogens is 1. The van der Waals surface area contributed by atoms with Gasteiger partial charge in [-0.15, -0.1) is 0 Å². The van der Waals surface area contributed by atoms with Gasteiger partial charge in [0.15, 0.2) is 0 Å². The molecule has 1 atom stereocenters. The molecule has 116 valence electrons. The fraction of sp³-hybridized carbons (Fsp3) is 0.462. The van der Waals surface area contributed by atoms with Crippen molar-refractivity contribution in [3.05, 3.63) is 30.1 Å². The van der Waals surface area contributed by atoms with E-state index in [0.717, 1.165) is 20.7 Å². The van der Waals surface area contributed by atoms with E-state index in [1.54, 1.807) is 0 Å². The van der Waals surface area contributed by atoms with Gasteiger partial charge in [0.1, 0.15) is 11.9 Å². The van der Waals surface area contributed by atoms with Crippen LogP contribution < -0.4 is 4.31 Å². The maximum atomic E-state index is 12.9. The van der Waals surface area contributed by atoms with Crippen molar-refractivity contribution in [2.45, 2.75) is 25.3 Å². The lowest BCUT2D eigenvalue weighted by Gasteiger charge is -2.35. The fourth-order valence-corrected chi connectivity index (χ4v) is 3.95. The molecule has 0 aromatic heterocycles. The first-order valence-electron chi connectivity index (χ1n) is 6.58. The highest BCUT2D eigenvalue weighted by molar-refractivity contribution is 7.90. The molecule has 1 aliphatic rings. The van der Waals surface area contributed by atoms with E-state index in [1.807, 2.05) is 0 Å². The maximum Gasteiger partial charge on any atom is 0.322 e. The van der Waals surface area contributed by atoms with E-state index in [9.17, 15) is 22.7 Å². The Morgan fingerprint density at radius 1 is 1.33 bits per heavy atom. The van der Waals surface area contributed by atoms with E-state index in [0.29, 0.717) is 19.3 Å². The molecule has 2 rings (SSSR count). The number of hydrogen-bond donors (Lipinski definition) is 1. The number of anilines is 1. The van der Waals surface area contributed by atoms with Crippen molar-refractivity contribution in [1.82, 2.24) is 4.31 Å². The summed E-state index contributed by atoms with van der Waals surface area (Å²) in [6.07, 6.45) is 1.61. The minimum atomic E-state index is -3.96. The quantitative estimate of drug-likeness (QED) is 0.912. The first-order valence-corrected chi connectivity index (χ1v) is 7.98. The molecule has 0 aliphatic carbocycles. The molecule has 1 aliphatic heterocycles. The molecule has 1 N–H and O–H groups in total. The number of nitrogens with zero attached hydrogens (tertiary/aromatic N) is 2. The van der Waals surface area contributed by atoms with Gasteiger partial charge in [0, 0.05) is 13.6 Å². The summed E-state index contributed by atoms with van der Waals surface area (Å²) in [4.78, 5) is 11.2. The number of carboxylic acids is 1. The topological polar surface area (TPSA) is 77.9 Å². The highest BCUT2D eigenvalue weighted by atomic mass is 32.2. The lowest BCUT2D eigenvalue weighted by atomic mass is 10.1. The Kier molecular flexibility index (Phi) is 4.48. The molecule has 6 nitrogen and oxygen atoms in total. The first-order chi connectivity index (χ1) is 9.84. The zero-order valence-electron chi connectivity index (χ0n) is 11.6. The van der Waals surface area contributed by atoms with Gasteiger partial charge in [-0.1, -0.05) is 0 Å². The number of aliphatic carboxylic acids is 1. The first kappa shape index (κ1) is 15.7. The van der Waals surface area contributed by atoms with E-state index in [2.05, 4.69) is 0 Å². The number of piperidine rings is 1. The molecule has 1 heterocycles. The Labute approximate surface area is 123 Å². The monoisotopic (exact) mass is 316 g/mol. The van der Waals surface area contributed by atoms with Gasteiger partial charge < -0.3 is 5.11 Å². The molecule has 0 bridgehead atoms. The molecule has 21 heavy (non-hydrogen) atoms. The number of hydrogen-bond acceptors (Lipinski definition) is 3. The van der Waals surface area contributed by atoms with Crippen molar-refractivity contribution in [2.24, 2.45) is 0 Å². The summed E-state index contributed by atoms with van der Waals surface area (Å²) in [5, 5.41) is 9.19. The van der Waals surface area contributed by atoms with Gasteiger partial charge >= 0.3 is 16.2 Å². The van der Waals surface area contributed by atoms with Crippen LogP contribution in [-0.2, 0) is 15.0 Å². The van der Waals surface area contributed by atoms with Gasteiger partial charge in [-0.05, 0) is 43.5 Å². The van der Waals surface area contributed by atoms with Crippen molar-refractivity contribution in [3.63, 3.8) is 0 Å². The van der Waals surface area contributed by atoms with Crippen molar-refractivity contribution in [3.8, 4) is 0 Å². The molecule has 1 fully saturated rings. The second-order valence-corrected chi connectivity index (χ2v) is 6.82. The number of rotatable bonds is 4. The van der Waals surface area contributed by atoms with Crippen LogP contribution in [0.2, 0.25) is 0 Å². The molecule has 0 amide bonds. The van der Waals surface area contributed by atoms with Gasteiger partial charge in [-0.2, -0.15) is 12.7 Å². The summed E-state index contributed by atoms with van der Waals surface area (Å²) in [6, 6.07) is 3.95. The Hall–Kier alpha value is -1.67. The van der Waals surface area contributed by atoms with E-state index in [-0.39, 0.29) is 12.2 Å². The van der Waals surface area contributed by atoms with Crippen LogP contribution >= 0.6 is 0 Å². The largest absolute Gasteiger partial charge is 0.480 e. The van der Waals surface area contributed by atoms with Crippen LogP contribution in [-0.4, -0.2) is 43.4 Å². The third-order valence-electron chi connectivity index (χ3n) is 3.57. The second kappa shape index (κ2) is 5.98. The minimum Gasteiger partial charge on any atom is -0.480 e. The summed E-state index contributed by atoms with van der Waals surface area (Å²) in [5.41, 5.74) is 0.283. The van der Waals surface area contributed by atoms with Crippen LogP contribution in [0.3, 0.4) is 0 Å². The molecule has 1 saturated heterocycles. The summed E-state index contributed by atoms with van der Waals surface area (Å²) in [7, 11) is -2.63. The Morgan fingerprint density at radius 3 is 2.52 bits per heavy atom. The van der Waals surface area contributed by atoms with E-state index < -0.39 is 28.0 Å². The lowest BCUT2D eigenvalue weighted by molar-refractivity contribution is -0.142. The Balaban J connectivity index is 2.31. The third kappa shape index (κ3) is 3.16. The Morgan fingerprint density at radius 2 is 1.95 bits per heavy atom. The molecule has 1 aromatic carbocycles. The van der Waals surface area contributed by atoms with Crippen LogP contribution in [0.5, 0.6) is 0 Å². The maximum absolute atomic E-state index is 12.9. The average molecular weight is 316 g/mol. The van der Waals surface area contributed by atoms with Crippen molar-refractivity contribution >= 4 is 21.9 Å². The fourth-order valence-electron chi connectivity index (χ4n) is 2.37. The van der Waals surface area contributed by atoms with E-state index in [4.69, 9.17) is 0 Å². The zero-order chi connectivity index (χ0) is 15.6. The lowest BCUT2D eigenvalue weighted by Crippen LogP contribution is -2.52. The van der Waals surface area contributed by atoms with Gasteiger partial charge in [0.05, 0.1) is 5.69 Å². The summed E-state index contributed by atoms with van der Waals surface area (Å²) < 4.78 is 40.1. The van der Waals surface area contributed by atoms with Crippen LogP contribution in [0, 0.1) is 5.82 Å². The van der Waals surface area contributed by atoms with Gasteiger partial charge in [-0.25, -0.2) is 4.39 Å². The van der Waals surface area contributed by atoms with Crippen LogP contribution in [0.4, 0.5) is 10.1 Å². The SMILES string of the molecule is CN(c1ccc(F)cc1)S(=O)(=O)N1CCCCC1C(=O)O. The second-order valence-electron chi connectivity index (χ2n) is 4.91. The number of benzene rings is 1. The zero-order valence-corrected chi connectivity index (χ0v) is 12.4. The predicted octanol–water partition coefficient (Wildman–Crippen LogP) is 1.45.